The number of hydrogen-bond acceptors (Lipinski definition) is 5. The van der Waals surface area contributed by atoms with E-state index in [-0.39, 0.29) is 11.9 Å². The first-order valence-corrected chi connectivity index (χ1v) is 10.1. The molecule has 7 heteroatoms. The molecule has 1 aromatic carbocycles. The maximum atomic E-state index is 12.8. The van der Waals surface area contributed by atoms with Crippen molar-refractivity contribution in [1.82, 2.24) is 14.8 Å². The van der Waals surface area contributed by atoms with Crippen molar-refractivity contribution in [2.75, 3.05) is 13.1 Å². The SMILES string of the molecule is Cc1oc(-c2cccc(Cl)c2)nc1CN(CC(=O)N1CCCC1C#N)C1CC1. The van der Waals surface area contributed by atoms with Gasteiger partial charge in [0.2, 0.25) is 11.8 Å². The van der Waals surface area contributed by atoms with Crippen molar-refractivity contribution in [3.63, 3.8) is 0 Å². The van der Waals surface area contributed by atoms with E-state index in [1.807, 2.05) is 31.2 Å². The lowest BCUT2D eigenvalue weighted by atomic mass is 10.2. The minimum Gasteiger partial charge on any atom is -0.441 e. The van der Waals surface area contributed by atoms with Gasteiger partial charge in [0.25, 0.3) is 0 Å². The average molecular weight is 399 g/mol. The molecular formula is C21H23ClN4O2. The first kappa shape index (κ1) is 19.0. The highest BCUT2D eigenvalue weighted by molar-refractivity contribution is 6.30. The molecule has 146 valence electrons. The molecule has 6 nitrogen and oxygen atoms in total. The van der Waals surface area contributed by atoms with Gasteiger partial charge in [-0.25, -0.2) is 4.98 Å². The molecule has 2 aliphatic rings. The van der Waals surface area contributed by atoms with Crippen LogP contribution in [0, 0.1) is 18.3 Å². The number of oxazole rings is 1. The van der Waals surface area contributed by atoms with E-state index < -0.39 is 0 Å². The zero-order chi connectivity index (χ0) is 19.7. The zero-order valence-corrected chi connectivity index (χ0v) is 16.7. The normalized spacial score (nSPS) is 19.2. The molecule has 1 amide bonds. The molecule has 0 spiro atoms. The van der Waals surface area contributed by atoms with Crippen LogP contribution in [-0.2, 0) is 11.3 Å². The van der Waals surface area contributed by atoms with E-state index in [0.717, 1.165) is 42.7 Å². The molecule has 2 heterocycles. The summed E-state index contributed by atoms with van der Waals surface area (Å²) in [4.78, 5) is 21.3. The summed E-state index contributed by atoms with van der Waals surface area (Å²) in [6.07, 6.45) is 3.86. The lowest BCUT2D eigenvalue weighted by Gasteiger charge is -2.25. The van der Waals surface area contributed by atoms with Gasteiger partial charge in [0.15, 0.2) is 0 Å². The molecule has 0 N–H and O–H groups in total. The quantitative estimate of drug-likeness (QED) is 0.740. The number of nitriles is 1. The number of nitrogens with zero attached hydrogens (tertiary/aromatic N) is 4. The number of halogens is 1. The van der Waals surface area contributed by atoms with Crippen LogP contribution in [0.3, 0.4) is 0 Å². The van der Waals surface area contributed by atoms with Gasteiger partial charge in [0.1, 0.15) is 11.8 Å². The summed E-state index contributed by atoms with van der Waals surface area (Å²) < 4.78 is 5.86. The fraction of sp³-hybridized carbons (Fsp3) is 0.476. The molecule has 2 fully saturated rings. The molecule has 28 heavy (non-hydrogen) atoms. The minimum absolute atomic E-state index is 0.0344. The smallest absolute Gasteiger partial charge is 0.237 e. The van der Waals surface area contributed by atoms with Gasteiger partial charge in [-0.05, 0) is 50.8 Å². The third-order valence-corrected chi connectivity index (χ3v) is 5.68. The van der Waals surface area contributed by atoms with Gasteiger partial charge in [-0.15, -0.1) is 0 Å². The lowest BCUT2D eigenvalue weighted by molar-refractivity contribution is -0.132. The molecule has 2 aromatic rings. The number of aromatic nitrogens is 1. The second kappa shape index (κ2) is 7.94. The van der Waals surface area contributed by atoms with E-state index in [0.29, 0.717) is 36.6 Å². The average Bonchev–Trinajstić information content (AvgIpc) is 3.30. The Morgan fingerprint density at radius 2 is 2.25 bits per heavy atom. The third-order valence-electron chi connectivity index (χ3n) is 5.44. The molecule has 1 aromatic heterocycles. The van der Waals surface area contributed by atoms with E-state index in [9.17, 15) is 10.1 Å². The number of hydrogen-bond donors (Lipinski definition) is 0. The summed E-state index contributed by atoms with van der Waals surface area (Å²) >= 11 is 6.08. The van der Waals surface area contributed by atoms with Crippen molar-refractivity contribution in [2.45, 2.75) is 51.2 Å². The van der Waals surface area contributed by atoms with Gasteiger partial charge in [-0.3, -0.25) is 9.69 Å². The highest BCUT2D eigenvalue weighted by Crippen LogP contribution is 2.31. The van der Waals surface area contributed by atoms with E-state index in [2.05, 4.69) is 16.0 Å². The Morgan fingerprint density at radius 3 is 2.96 bits per heavy atom. The van der Waals surface area contributed by atoms with Crippen LogP contribution in [0.5, 0.6) is 0 Å². The predicted molar refractivity (Wildman–Crippen MR) is 105 cm³/mol. The van der Waals surface area contributed by atoms with Crippen molar-refractivity contribution >= 4 is 17.5 Å². The Balaban J connectivity index is 1.48. The molecule has 1 saturated carbocycles. The molecule has 1 saturated heterocycles. The first-order valence-electron chi connectivity index (χ1n) is 9.70. The van der Waals surface area contributed by atoms with Crippen LogP contribution in [0.4, 0.5) is 0 Å². The lowest BCUT2D eigenvalue weighted by Crippen LogP contribution is -2.43. The molecule has 1 aliphatic carbocycles. The van der Waals surface area contributed by atoms with E-state index in [1.165, 1.54) is 0 Å². The van der Waals surface area contributed by atoms with Crippen molar-refractivity contribution in [3.05, 3.63) is 40.7 Å². The second-order valence-electron chi connectivity index (χ2n) is 7.54. The van der Waals surface area contributed by atoms with Gasteiger partial charge in [0, 0.05) is 29.7 Å². The summed E-state index contributed by atoms with van der Waals surface area (Å²) in [5.74, 6) is 1.33. The van der Waals surface area contributed by atoms with Crippen LogP contribution in [0.1, 0.15) is 37.1 Å². The number of amides is 1. The van der Waals surface area contributed by atoms with Crippen LogP contribution in [0.2, 0.25) is 5.02 Å². The highest BCUT2D eigenvalue weighted by atomic mass is 35.5. The van der Waals surface area contributed by atoms with Gasteiger partial charge >= 0.3 is 0 Å². The Hall–Kier alpha value is -2.36. The van der Waals surface area contributed by atoms with Crippen LogP contribution in [0.15, 0.2) is 28.7 Å². The first-order chi connectivity index (χ1) is 13.5. The van der Waals surface area contributed by atoms with Gasteiger partial charge in [-0.1, -0.05) is 17.7 Å². The van der Waals surface area contributed by atoms with E-state index in [4.69, 9.17) is 16.0 Å². The highest BCUT2D eigenvalue weighted by Gasteiger charge is 2.35. The Morgan fingerprint density at radius 1 is 1.43 bits per heavy atom. The monoisotopic (exact) mass is 398 g/mol. The van der Waals surface area contributed by atoms with Crippen LogP contribution < -0.4 is 0 Å². The largest absolute Gasteiger partial charge is 0.441 e. The second-order valence-corrected chi connectivity index (χ2v) is 7.98. The van der Waals surface area contributed by atoms with Gasteiger partial charge in [0.05, 0.1) is 18.3 Å². The van der Waals surface area contributed by atoms with Crippen molar-refractivity contribution < 1.29 is 9.21 Å². The zero-order valence-electron chi connectivity index (χ0n) is 15.9. The van der Waals surface area contributed by atoms with Crippen molar-refractivity contribution in [2.24, 2.45) is 0 Å². The summed E-state index contributed by atoms with van der Waals surface area (Å²) in [7, 11) is 0. The maximum Gasteiger partial charge on any atom is 0.237 e. The maximum absolute atomic E-state index is 12.8. The Kier molecular flexibility index (Phi) is 5.38. The van der Waals surface area contributed by atoms with Crippen LogP contribution in [0.25, 0.3) is 11.5 Å². The van der Waals surface area contributed by atoms with Crippen molar-refractivity contribution in [1.29, 1.82) is 5.26 Å². The minimum atomic E-state index is -0.281. The van der Waals surface area contributed by atoms with Crippen molar-refractivity contribution in [3.8, 4) is 17.5 Å². The number of carbonyl (C=O) groups is 1. The van der Waals surface area contributed by atoms with Crippen LogP contribution in [-0.4, -0.2) is 45.9 Å². The molecule has 1 unspecified atom stereocenters. The summed E-state index contributed by atoms with van der Waals surface area (Å²) in [5.41, 5.74) is 1.68. The van der Waals surface area contributed by atoms with Gasteiger partial charge < -0.3 is 9.32 Å². The van der Waals surface area contributed by atoms with E-state index >= 15 is 0 Å². The molecule has 0 bridgehead atoms. The van der Waals surface area contributed by atoms with Crippen LogP contribution >= 0.6 is 11.6 Å². The molecule has 0 radical (unpaired) electrons. The molecule has 1 atom stereocenters. The fourth-order valence-corrected chi connectivity index (χ4v) is 3.92. The third kappa shape index (κ3) is 4.06. The number of rotatable bonds is 6. The molecule has 4 rings (SSSR count). The number of benzene rings is 1. The topological polar surface area (TPSA) is 73.4 Å². The summed E-state index contributed by atoms with van der Waals surface area (Å²) in [6.45, 7) is 3.46. The predicted octanol–water partition coefficient (Wildman–Crippen LogP) is 3.78. The number of aryl methyl sites for hydroxylation is 1. The number of carbonyl (C=O) groups excluding carboxylic acids is 1. The Bertz CT molecular complexity index is 915. The summed E-state index contributed by atoms with van der Waals surface area (Å²) in [6, 6.07) is 9.79. The summed E-state index contributed by atoms with van der Waals surface area (Å²) in [5, 5.41) is 9.89. The number of likely N-dealkylation sites (tertiary alicyclic amines) is 1. The molecule has 1 aliphatic heterocycles. The molecular weight excluding hydrogens is 376 g/mol. The standard InChI is InChI=1S/C21H23ClN4O2/c1-14-19(24-21(28-14)15-4-2-5-16(22)10-15)12-25(17-7-8-17)13-20(27)26-9-3-6-18(26)11-23/h2,4-5,10,17-18H,3,6-9,12-13H2,1H3. The van der Waals surface area contributed by atoms with E-state index in [1.54, 1.807) is 4.90 Å². The van der Waals surface area contributed by atoms with Gasteiger partial charge in [-0.2, -0.15) is 5.26 Å². The Labute approximate surface area is 169 Å². The fourth-order valence-electron chi connectivity index (χ4n) is 3.73.